The molecule has 0 saturated heterocycles. The largest absolute Gasteiger partial charge is 0.364 e. The van der Waals surface area contributed by atoms with Gasteiger partial charge < -0.3 is 33.6 Å². The number of benzene rings is 2. The maximum atomic E-state index is 12.1. The molecule has 33 heavy (non-hydrogen) atoms. The molecule has 0 saturated carbocycles. The van der Waals surface area contributed by atoms with Gasteiger partial charge >= 0.3 is 18.2 Å². The van der Waals surface area contributed by atoms with Gasteiger partial charge in [0.2, 0.25) is 0 Å². The minimum atomic E-state index is -3.67. The van der Waals surface area contributed by atoms with Crippen molar-refractivity contribution < 1.29 is 17.8 Å². The van der Waals surface area contributed by atoms with Crippen molar-refractivity contribution in [2.75, 3.05) is 16.9 Å². The fraction of sp³-hybridized carbons (Fsp3) is 0.0556. The van der Waals surface area contributed by atoms with E-state index in [-0.39, 0.29) is 11.9 Å². The van der Waals surface area contributed by atoms with Gasteiger partial charge in [0.05, 0.1) is 6.26 Å². The molecule has 0 spiro atoms. The van der Waals surface area contributed by atoms with E-state index >= 15 is 0 Å². The first-order valence-corrected chi connectivity index (χ1v) is 10.6. The van der Waals surface area contributed by atoms with Gasteiger partial charge in [-0.15, -0.1) is 0 Å². The molecule has 0 bridgehead atoms. The van der Waals surface area contributed by atoms with Gasteiger partial charge in [-0.3, -0.25) is 4.55 Å². The van der Waals surface area contributed by atoms with E-state index in [4.69, 9.17) is 27.5 Å². The summed E-state index contributed by atoms with van der Waals surface area (Å²) in [6.45, 7) is 0. The normalized spacial score (nSPS) is 9.27. The third-order valence-corrected chi connectivity index (χ3v) is 2.97. The molecule has 0 aliphatic heterocycles. The van der Waals surface area contributed by atoms with Crippen LogP contribution in [0, 0.1) is 12.1 Å². The molecule has 15 heteroatoms. The second-order valence-electron chi connectivity index (χ2n) is 5.94. The van der Waals surface area contributed by atoms with E-state index in [1.165, 1.54) is 0 Å². The molecule has 0 unspecified atom stereocenters. The molecule has 172 valence electrons. The summed E-state index contributed by atoms with van der Waals surface area (Å²) in [6, 6.07) is 18.4. The molecule has 0 radical (unpaired) electrons. The van der Waals surface area contributed by atoms with Crippen LogP contribution < -0.4 is 33.6 Å². The summed E-state index contributed by atoms with van der Waals surface area (Å²) in [5, 5.41) is 12.3. The van der Waals surface area contributed by atoms with Crippen molar-refractivity contribution in [3.63, 3.8) is 0 Å². The minimum absolute atomic E-state index is 0.158. The summed E-state index contributed by atoms with van der Waals surface area (Å²) in [5.41, 5.74) is 23.1. The van der Waals surface area contributed by atoms with Crippen molar-refractivity contribution in [1.82, 2.24) is 0 Å². The number of carbonyl (C=O) groups is 1. The molecule has 0 aromatic heterocycles. The topological polar surface area (TPSA) is 233 Å². The van der Waals surface area contributed by atoms with E-state index in [2.05, 4.69) is 42.9 Å². The average Bonchev–Trinajstić information content (AvgIpc) is 2.69. The molecule has 2 rings (SSSR count). The van der Waals surface area contributed by atoms with Gasteiger partial charge in [-0.05, 0) is 48.5 Å². The van der Waals surface area contributed by atoms with Crippen molar-refractivity contribution in [2.24, 2.45) is 33.1 Å². The van der Waals surface area contributed by atoms with Crippen LogP contribution in [0.15, 0.2) is 58.7 Å². The molecular formula is C18H22N10O4S+2. The second kappa shape index (κ2) is 12.7. The Labute approximate surface area is 189 Å². The Morgan fingerprint density at radius 1 is 0.818 bits per heavy atom. The maximum Gasteiger partial charge on any atom is 0.360 e. The zero-order valence-corrected chi connectivity index (χ0v) is 18.1. The molecule has 2 aromatic carbocycles. The molecule has 11 N–H and O–H groups in total. The summed E-state index contributed by atoms with van der Waals surface area (Å²) >= 11 is 0. The van der Waals surface area contributed by atoms with Gasteiger partial charge in [0.1, 0.15) is 21.0 Å². The van der Waals surface area contributed by atoms with E-state index in [1.807, 2.05) is 0 Å². The minimum Gasteiger partial charge on any atom is -0.364 e. The monoisotopic (exact) mass is 474 g/mol. The van der Waals surface area contributed by atoms with Gasteiger partial charge in [-0.1, -0.05) is 0 Å². The van der Waals surface area contributed by atoms with Crippen LogP contribution in [0.25, 0.3) is 9.91 Å². The number of nitrogens with one attached hydrogen (secondary N) is 2. The number of anilines is 2. The van der Waals surface area contributed by atoms with Crippen LogP contribution >= 0.6 is 0 Å². The average molecular weight is 475 g/mol. The predicted octanol–water partition coefficient (Wildman–Crippen LogP) is 0.573. The van der Waals surface area contributed by atoms with Gasteiger partial charge in [0.15, 0.2) is 10.2 Å². The van der Waals surface area contributed by atoms with Crippen LogP contribution in [-0.4, -0.2) is 37.2 Å². The zero-order valence-electron chi connectivity index (χ0n) is 17.3. The van der Waals surface area contributed by atoms with Crippen molar-refractivity contribution in [3.8, 4) is 12.1 Å². The molecular weight excluding hydrogens is 452 g/mol. The highest BCUT2D eigenvalue weighted by molar-refractivity contribution is 7.85. The number of rotatable bonds is 2. The van der Waals surface area contributed by atoms with Gasteiger partial charge in [0, 0.05) is 11.4 Å². The van der Waals surface area contributed by atoms with E-state index in [1.54, 1.807) is 48.5 Å². The number of carbonyl (C=O) groups excluding carboxylic acids is 1. The SMILES string of the molecule is CS(=O)(=O)O.NC(N)=N[N+]#Cc1ccc(NC(=O)Nc2ccc(C#[N+]N=C(N)N)cc2)cc1. The summed E-state index contributed by atoms with van der Waals surface area (Å²) in [7, 11) is -3.67. The first-order chi connectivity index (χ1) is 15.4. The first kappa shape index (κ1) is 26.2. The highest BCUT2D eigenvalue weighted by Gasteiger charge is 2.05. The molecule has 0 aliphatic carbocycles. The molecule has 0 aliphatic rings. The summed E-state index contributed by atoms with van der Waals surface area (Å²) < 4.78 is 25.9. The van der Waals surface area contributed by atoms with Crippen LogP contribution in [0.4, 0.5) is 16.2 Å². The molecule has 14 nitrogen and oxygen atoms in total. The standard InChI is InChI=1S/C17H16N10O.CH4O3S/c18-15(19)26-22-9-11-1-5-13(6-2-11)24-17(28)25-14-7-3-12(4-8-14)10-23-27-16(20)21;1-5(2,3)4/h1-8H,(H8,18,19,20,21,26,27);1H3,(H,2,3,4)/p+2. The van der Waals surface area contributed by atoms with Crippen LogP contribution in [0.2, 0.25) is 0 Å². The quantitative estimate of drug-likeness (QED) is 0.140. The lowest BCUT2D eigenvalue weighted by Crippen LogP contribution is -2.21. The van der Waals surface area contributed by atoms with Crippen LogP contribution in [0.5, 0.6) is 0 Å². The number of amides is 2. The van der Waals surface area contributed by atoms with Crippen molar-refractivity contribution >= 4 is 39.4 Å². The summed E-state index contributed by atoms with van der Waals surface area (Å²) in [4.78, 5) is 19.2. The lowest BCUT2D eigenvalue weighted by Gasteiger charge is -2.07. The fourth-order valence-corrected chi connectivity index (χ4v) is 1.83. The Bertz CT molecular complexity index is 1150. The molecule has 0 fully saturated rings. The Balaban J connectivity index is 0.000000981. The van der Waals surface area contributed by atoms with Crippen molar-refractivity contribution in [2.45, 2.75) is 0 Å². The number of hydrogen-bond acceptors (Lipinski definition) is 5. The highest BCUT2D eigenvalue weighted by Crippen LogP contribution is 2.12. The van der Waals surface area contributed by atoms with Crippen LogP contribution in [0.3, 0.4) is 0 Å². The second-order valence-corrected chi connectivity index (χ2v) is 7.41. The number of hydrogen-bond donors (Lipinski definition) is 7. The molecule has 0 atom stereocenters. The number of guanidine groups is 2. The Kier molecular flexibility index (Phi) is 10.1. The first-order valence-electron chi connectivity index (χ1n) is 8.72. The number of nitrogens with two attached hydrogens (primary N) is 4. The van der Waals surface area contributed by atoms with E-state index in [0.29, 0.717) is 28.8 Å². The Morgan fingerprint density at radius 3 is 1.39 bits per heavy atom. The van der Waals surface area contributed by atoms with Crippen molar-refractivity contribution in [1.29, 1.82) is 0 Å². The number of urea groups is 1. The Morgan fingerprint density at radius 2 is 1.12 bits per heavy atom. The van der Waals surface area contributed by atoms with Crippen LogP contribution in [-0.2, 0) is 10.1 Å². The summed E-state index contributed by atoms with van der Waals surface area (Å²) in [5.74, 6) is -0.316. The van der Waals surface area contributed by atoms with Gasteiger partial charge in [0.25, 0.3) is 22.0 Å². The molecule has 2 amide bonds. The Hall–Kier alpha value is -4.86. The highest BCUT2D eigenvalue weighted by atomic mass is 32.2. The number of nitrogens with zero attached hydrogens (tertiary/aromatic N) is 4. The lowest BCUT2D eigenvalue weighted by molar-refractivity contribution is 0.262. The predicted molar refractivity (Wildman–Crippen MR) is 127 cm³/mol. The third-order valence-electron chi connectivity index (χ3n) is 2.97. The van der Waals surface area contributed by atoms with E-state index in [9.17, 15) is 13.2 Å². The fourth-order valence-electron chi connectivity index (χ4n) is 1.83. The van der Waals surface area contributed by atoms with Crippen LogP contribution in [0.1, 0.15) is 11.1 Å². The lowest BCUT2D eigenvalue weighted by atomic mass is 10.2. The van der Waals surface area contributed by atoms with Crippen molar-refractivity contribution in [3.05, 3.63) is 69.6 Å². The summed E-state index contributed by atoms with van der Waals surface area (Å²) in [6.07, 6.45) is 0.715. The zero-order chi connectivity index (χ0) is 24.9. The molecule has 2 aromatic rings. The van der Waals surface area contributed by atoms with E-state index in [0.717, 1.165) is 0 Å². The van der Waals surface area contributed by atoms with Gasteiger partial charge in [-0.2, -0.15) is 8.42 Å². The maximum absolute atomic E-state index is 12.1. The van der Waals surface area contributed by atoms with Gasteiger partial charge in [-0.25, -0.2) is 4.79 Å². The molecule has 0 heterocycles. The third kappa shape index (κ3) is 13.9. The van der Waals surface area contributed by atoms with E-state index < -0.39 is 16.1 Å². The smallest absolute Gasteiger partial charge is 0.360 e.